The molecule has 20 heavy (non-hydrogen) atoms. The van der Waals surface area contributed by atoms with Crippen LogP contribution in [-0.2, 0) is 9.53 Å². The fourth-order valence-corrected chi connectivity index (χ4v) is 2.82. The van der Waals surface area contributed by atoms with Crippen molar-refractivity contribution in [1.82, 2.24) is 9.80 Å². The molecule has 0 bridgehead atoms. The van der Waals surface area contributed by atoms with E-state index in [1.165, 1.54) is 0 Å². The third-order valence-corrected chi connectivity index (χ3v) is 4.48. The third kappa shape index (κ3) is 3.42. The molecule has 1 N–H and O–H groups in total. The van der Waals surface area contributed by atoms with Crippen LogP contribution in [0, 0.1) is 17.8 Å². The van der Waals surface area contributed by atoms with Crippen LogP contribution in [0.25, 0.3) is 0 Å². The van der Waals surface area contributed by atoms with Crippen molar-refractivity contribution in [1.29, 1.82) is 0 Å². The molecule has 0 saturated carbocycles. The maximum absolute atomic E-state index is 12.2. The Kier molecular flexibility index (Phi) is 4.86. The molecule has 2 aliphatic heterocycles. The molecule has 0 spiro atoms. The van der Waals surface area contributed by atoms with Crippen molar-refractivity contribution < 1.29 is 19.4 Å². The lowest BCUT2D eigenvalue weighted by atomic mass is 9.87. The Bertz CT molecular complexity index is 362. The van der Waals surface area contributed by atoms with Gasteiger partial charge >= 0.3 is 12.0 Å². The maximum Gasteiger partial charge on any atom is 0.319 e. The molecule has 1 unspecified atom stereocenters. The van der Waals surface area contributed by atoms with Crippen molar-refractivity contribution in [2.24, 2.45) is 17.8 Å². The molecule has 0 aliphatic carbocycles. The first kappa shape index (κ1) is 15.1. The predicted octanol–water partition coefficient (Wildman–Crippen LogP) is 1.12. The number of likely N-dealkylation sites (tertiary alicyclic amines) is 1. The van der Waals surface area contributed by atoms with Gasteiger partial charge in [0.15, 0.2) is 0 Å². The minimum absolute atomic E-state index is 0.0188. The number of ether oxygens (including phenoxy) is 1. The second-order valence-electron chi connectivity index (χ2n) is 6.01. The van der Waals surface area contributed by atoms with Crippen molar-refractivity contribution in [3.8, 4) is 0 Å². The molecule has 0 aromatic carbocycles. The summed E-state index contributed by atoms with van der Waals surface area (Å²) in [5.74, 6) is -0.543. The lowest BCUT2D eigenvalue weighted by molar-refractivity contribution is -0.144. The fourth-order valence-electron chi connectivity index (χ4n) is 2.82. The zero-order valence-electron chi connectivity index (χ0n) is 12.2. The molecule has 2 rings (SSSR count). The summed E-state index contributed by atoms with van der Waals surface area (Å²) in [6, 6.07) is 0.0188. The summed E-state index contributed by atoms with van der Waals surface area (Å²) >= 11 is 0. The van der Waals surface area contributed by atoms with E-state index in [0.717, 1.165) is 32.6 Å². The summed E-state index contributed by atoms with van der Waals surface area (Å²) in [7, 11) is 1.83. The van der Waals surface area contributed by atoms with Crippen molar-refractivity contribution in [3.05, 3.63) is 0 Å². The van der Waals surface area contributed by atoms with Gasteiger partial charge in [0.1, 0.15) is 0 Å². The number of urea groups is 1. The van der Waals surface area contributed by atoms with Crippen LogP contribution in [0.1, 0.15) is 19.8 Å². The van der Waals surface area contributed by atoms with Crippen LogP contribution in [0.15, 0.2) is 0 Å². The molecule has 2 saturated heterocycles. The number of nitrogens with zero attached hydrogens (tertiary/aromatic N) is 2. The van der Waals surface area contributed by atoms with E-state index < -0.39 is 5.97 Å². The van der Waals surface area contributed by atoms with E-state index in [1.807, 2.05) is 7.05 Å². The molecule has 6 heteroatoms. The highest BCUT2D eigenvalue weighted by Gasteiger charge is 2.38. The number of hydrogen-bond acceptors (Lipinski definition) is 3. The highest BCUT2D eigenvalue weighted by atomic mass is 16.5. The largest absolute Gasteiger partial charge is 0.481 e. The van der Waals surface area contributed by atoms with Crippen LogP contribution in [0.2, 0.25) is 0 Å². The van der Waals surface area contributed by atoms with Gasteiger partial charge in [0.25, 0.3) is 0 Å². The number of carboxylic acid groups (broad SMARTS) is 1. The quantitative estimate of drug-likeness (QED) is 0.840. The van der Waals surface area contributed by atoms with Crippen LogP contribution in [0.4, 0.5) is 4.79 Å². The van der Waals surface area contributed by atoms with Crippen molar-refractivity contribution in [2.45, 2.75) is 19.8 Å². The SMILES string of the molecule is CC(C(=O)O)C1CN(C(=O)N(C)CC2CCOCC2)C1. The van der Waals surface area contributed by atoms with E-state index in [2.05, 4.69) is 0 Å². The van der Waals surface area contributed by atoms with Gasteiger partial charge in [-0.1, -0.05) is 6.92 Å². The van der Waals surface area contributed by atoms with E-state index in [0.29, 0.717) is 19.0 Å². The Labute approximate surface area is 119 Å². The monoisotopic (exact) mass is 284 g/mol. The second kappa shape index (κ2) is 6.43. The van der Waals surface area contributed by atoms with Gasteiger partial charge in [0.2, 0.25) is 0 Å². The Morgan fingerprint density at radius 2 is 1.95 bits per heavy atom. The zero-order valence-corrected chi connectivity index (χ0v) is 12.2. The number of amides is 2. The Hall–Kier alpha value is -1.30. The summed E-state index contributed by atoms with van der Waals surface area (Å²) in [4.78, 5) is 26.6. The molecular formula is C14H24N2O4. The van der Waals surface area contributed by atoms with Crippen molar-refractivity contribution >= 4 is 12.0 Å². The fraction of sp³-hybridized carbons (Fsp3) is 0.857. The van der Waals surface area contributed by atoms with E-state index >= 15 is 0 Å². The highest BCUT2D eigenvalue weighted by Crippen LogP contribution is 2.25. The minimum Gasteiger partial charge on any atom is -0.481 e. The molecule has 114 valence electrons. The molecule has 0 radical (unpaired) electrons. The summed E-state index contributed by atoms with van der Waals surface area (Å²) in [6.45, 7) is 5.16. The maximum atomic E-state index is 12.2. The molecule has 2 amide bonds. The lowest BCUT2D eigenvalue weighted by Crippen LogP contribution is -2.57. The van der Waals surface area contributed by atoms with Crippen LogP contribution in [-0.4, -0.2) is 66.8 Å². The summed E-state index contributed by atoms with van der Waals surface area (Å²) in [5, 5.41) is 8.94. The van der Waals surface area contributed by atoms with E-state index in [-0.39, 0.29) is 17.9 Å². The van der Waals surface area contributed by atoms with Gasteiger partial charge in [0, 0.05) is 45.8 Å². The average Bonchev–Trinajstić information content (AvgIpc) is 2.37. The molecule has 0 aromatic heterocycles. The standard InChI is InChI=1S/C14H24N2O4/c1-10(13(17)18)12-8-16(9-12)14(19)15(2)7-11-3-5-20-6-4-11/h10-12H,3-9H2,1-2H3,(H,17,18). The van der Waals surface area contributed by atoms with Crippen molar-refractivity contribution in [3.63, 3.8) is 0 Å². The van der Waals surface area contributed by atoms with Gasteiger partial charge in [0.05, 0.1) is 5.92 Å². The molecule has 2 fully saturated rings. The molecular weight excluding hydrogens is 260 g/mol. The van der Waals surface area contributed by atoms with E-state index in [4.69, 9.17) is 9.84 Å². The predicted molar refractivity (Wildman–Crippen MR) is 73.4 cm³/mol. The summed E-state index contributed by atoms with van der Waals surface area (Å²) in [6.07, 6.45) is 2.02. The summed E-state index contributed by atoms with van der Waals surface area (Å²) in [5.41, 5.74) is 0. The van der Waals surface area contributed by atoms with Gasteiger partial charge < -0.3 is 19.6 Å². The third-order valence-electron chi connectivity index (χ3n) is 4.48. The van der Waals surface area contributed by atoms with E-state index in [1.54, 1.807) is 16.7 Å². The number of hydrogen-bond donors (Lipinski definition) is 1. The first-order valence-corrected chi connectivity index (χ1v) is 7.29. The van der Waals surface area contributed by atoms with Crippen molar-refractivity contribution in [2.75, 3.05) is 39.9 Å². The number of carbonyl (C=O) groups is 2. The van der Waals surface area contributed by atoms with E-state index in [9.17, 15) is 9.59 Å². The molecule has 2 aliphatic rings. The smallest absolute Gasteiger partial charge is 0.319 e. The highest BCUT2D eigenvalue weighted by molar-refractivity contribution is 5.76. The molecule has 6 nitrogen and oxygen atoms in total. The summed E-state index contributed by atoms with van der Waals surface area (Å²) < 4.78 is 5.31. The zero-order chi connectivity index (χ0) is 14.7. The van der Waals surface area contributed by atoms with Gasteiger partial charge in [-0.2, -0.15) is 0 Å². The second-order valence-corrected chi connectivity index (χ2v) is 6.01. The number of aliphatic carboxylic acids is 1. The van der Waals surface area contributed by atoms with Crippen LogP contribution >= 0.6 is 0 Å². The topological polar surface area (TPSA) is 70.1 Å². The van der Waals surface area contributed by atoms with Crippen LogP contribution in [0.5, 0.6) is 0 Å². The Morgan fingerprint density at radius 3 is 2.50 bits per heavy atom. The van der Waals surface area contributed by atoms with Gasteiger partial charge in [-0.05, 0) is 18.8 Å². The van der Waals surface area contributed by atoms with Gasteiger partial charge in [-0.25, -0.2) is 4.79 Å². The number of carbonyl (C=O) groups excluding carboxylic acids is 1. The number of rotatable bonds is 4. The Morgan fingerprint density at radius 1 is 1.35 bits per heavy atom. The normalized spacial score (nSPS) is 22.2. The van der Waals surface area contributed by atoms with Crippen LogP contribution < -0.4 is 0 Å². The van der Waals surface area contributed by atoms with Gasteiger partial charge in [-0.3, -0.25) is 4.79 Å². The molecule has 2 heterocycles. The molecule has 0 aromatic rings. The Balaban J connectivity index is 1.73. The minimum atomic E-state index is -0.780. The average molecular weight is 284 g/mol. The molecule has 1 atom stereocenters. The van der Waals surface area contributed by atoms with Crippen LogP contribution in [0.3, 0.4) is 0 Å². The number of carboxylic acids is 1. The first-order chi connectivity index (χ1) is 9.49. The first-order valence-electron chi connectivity index (χ1n) is 7.29. The van der Waals surface area contributed by atoms with Gasteiger partial charge in [-0.15, -0.1) is 0 Å². The lowest BCUT2D eigenvalue weighted by Gasteiger charge is -2.43.